The second kappa shape index (κ2) is 11.9. The highest BCUT2D eigenvalue weighted by Gasteiger charge is 2.20. The SMILES string of the molecule is CCCc1ccc(CCCCC2CCC(CC/C=C/C#N)CC2)cc1. The summed E-state index contributed by atoms with van der Waals surface area (Å²) in [4.78, 5) is 0. The Bertz CT molecular complexity index is 526. The van der Waals surface area contributed by atoms with Crippen LogP contribution in [0.5, 0.6) is 0 Å². The molecule has 136 valence electrons. The van der Waals surface area contributed by atoms with Crippen LogP contribution in [0.1, 0.15) is 82.3 Å². The second-order valence-electron chi connectivity index (χ2n) is 7.81. The minimum absolute atomic E-state index is 0.904. The van der Waals surface area contributed by atoms with Crippen LogP contribution in [0, 0.1) is 23.2 Å². The van der Waals surface area contributed by atoms with Crippen LogP contribution in [0.3, 0.4) is 0 Å². The average Bonchev–Trinajstić information content (AvgIpc) is 2.65. The van der Waals surface area contributed by atoms with Gasteiger partial charge >= 0.3 is 0 Å². The molecule has 2 rings (SSSR count). The molecule has 0 atom stereocenters. The number of rotatable bonds is 10. The maximum absolute atomic E-state index is 8.51. The number of nitriles is 1. The third kappa shape index (κ3) is 7.91. The predicted octanol–water partition coefficient (Wildman–Crippen LogP) is 7.02. The zero-order chi connectivity index (χ0) is 17.7. The van der Waals surface area contributed by atoms with E-state index in [1.165, 1.54) is 81.8 Å². The molecule has 0 aliphatic heterocycles. The van der Waals surface area contributed by atoms with E-state index in [1.807, 2.05) is 6.08 Å². The maximum atomic E-state index is 8.51. The van der Waals surface area contributed by atoms with Gasteiger partial charge in [-0.3, -0.25) is 0 Å². The lowest BCUT2D eigenvalue weighted by Crippen LogP contribution is -2.14. The highest BCUT2D eigenvalue weighted by Crippen LogP contribution is 2.34. The third-order valence-electron chi connectivity index (χ3n) is 5.79. The fourth-order valence-corrected chi connectivity index (χ4v) is 4.20. The molecule has 1 aliphatic rings. The van der Waals surface area contributed by atoms with Gasteiger partial charge in [0, 0.05) is 6.08 Å². The molecule has 1 aromatic rings. The minimum Gasteiger partial charge on any atom is -0.193 e. The lowest BCUT2D eigenvalue weighted by molar-refractivity contribution is 0.250. The summed E-state index contributed by atoms with van der Waals surface area (Å²) in [6.07, 6.45) is 19.5. The molecule has 0 N–H and O–H groups in total. The van der Waals surface area contributed by atoms with Crippen LogP contribution in [0.4, 0.5) is 0 Å². The van der Waals surface area contributed by atoms with E-state index in [0.29, 0.717) is 0 Å². The summed E-state index contributed by atoms with van der Waals surface area (Å²) >= 11 is 0. The Morgan fingerprint density at radius 2 is 1.52 bits per heavy atom. The predicted molar refractivity (Wildman–Crippen MR) is 107 cm³/mol. The normalized spacial score (nSPS) is 20.6. The van der Waals surface area contributed by atoms with Crippen LogP contribution < -0.4 is 0 Å². The van der Waals surface area contributed by atoms with Crippen molar-refractivity contribution in [2.24, 2.45) is 11.8 Å². The fraction of sp³-hybridized carbons (Fsp3) is 0.625. The molecule has 1 aliphatic carbocycles. The summed E-state index contributed by atoms with van der Waals surface area (Å²) in [6.45, 7) is 2.24. The van der Waals surface area contributed by atoms with Gasteiger partial charge in [0.15, 0.2) is 0 Å². The van der Waals surface area contributed by atoms with E-state index in [1.54, 1.807) is 6.08 Å². The molecule has 0 heterocycles. The zero-order valence-corrected chi connectivity index (χ0v) is 16.1. The molecule has 0 saturated heterocycles. The van der Waals surface area contributed by atoms with E-state index in [9.17, 15) is 0 Å². The van der Waals surface area contributed by atoms with Crippen molar-refractivity contribution in [3.05, 3.63) is 47.5 Å². The largest absolute Gasteiger partial charge is 0.193 e. The molecule has 1 nitrogen and oxygen atoms in total. The summed E-state index contributed by atoms with van der Waals surface area (Å²) in [5.41, 5.74) is 2.99. The van der Waals surface area contributed by atoms with Crippen molar-refractivity contribution in [3.63, 3.8) is 0 Å². The van der Waals surface area contributed by atoms with Crippen LogP contribution in [0.2, 0.25) is 0 Å². The Morgan fingerprint density at radius 1 is 0.920 bits per heavy atom. The van der Waals surface area contributed by atoms with E-state index in [4.69, 9.17) is 5.26 Å². The molecule has 25 heavy (non-hydrogen) atoms. The molecule has 0 aromatic heterocycles. The van der Waals surface area contributed by atoms with Crippen molar-refractivity contribution in [1.82, 2.24) is 0 Å². The third-order valence-corrected chi connectivity index (χ3v) is 5.79. The molecule has 0 spiro atoms. The first kappa shape index (κ1) is 19.8. The number of unbranched alkanes of at least 4 members (excludes halogenated alkanes) is 1. The molecule has 0 radical (unpaired) electrons. The van der Waals surface area contributed by atoms with Crippen molar-refractivity contribution < 1.29 is 0 Å². The van der Waals surface area contributed by atoms with Gasteiger partial charge in [-0.05, 0) is 55.1 Å². The highest BCUT2D eigenvalue weighted by atomic mass is 14.3. The number of hydrogen-bond acceptors (Lipinski definition) is 1. The van der Waals surface area contributed by atoms with Crippen molar-refractivity contribution >= 4 is 0 Å². The van der Waals surface area contributed by atoms with Crippen LogP contribution in [-0.2, 0) is 12.8 Å². The van der Waals surface area contributed by atoms with Crippen LogP contribution >= 0.6 is 0 Å². The lowest BCUT2D eigenvalue weighted by Gasteiger charge is -2.28. The Balaban J connectivity index is 1.54. The van der Waals surface area contributed by atoms with Crippen LogP contribution in [-0.4, -0.2) is 0 Å². The monoisotopic (exact) mass is 337 g/mol. The van der Waals surface area contributed by atoms with Crippen molar-refractivity contribution in [3.8, 4) is 6.07 Å². The van der Waals surface area contributed by atoms with E-state index in [2.05, 4.69) is 37.3 Å². The molecule has 1 fully saturated rings. The Labute approximate surface area is 155 Å². The number of aryl methyl sites for hydroxylation is 2. The second-order valence-corrected chi connectivity index (χ2v) is 7.81. The summed E-state index contributed by atoms with van der Waals surface area (Å²) in [6, 6.07) is 11.4. The molecule has 1 saturated carbocycles. The van der Waals surface area contributed by atoms with E-state index in [0.717, 1.165) is 18.3 Å². The van der Waals surface area contributed by atoms with Gasteiger partial charge in [0.25, 0.3) is 0 Å². The highest BCUT2D eigenvalue weighted by molar-refractivity contribution is 5.22. The van der Waals surface area contributed by atoms with Gasteiger partial charge in [0.2, 0.25) is 0 Å². The van der Waals surface area contributed by atoms with Gasteiger partial charge in [-0.15, -0.1) is 0 Å². The molecular weight excluding hydrogens is 302 g/mol. The van der Waals surface area contributed by atoms with Crippen molar-refractivity contribution in [2.45, 2.75) is 84.0 Å². The van der Waals surface area contributed by atoms with E-state index < -0.39 is 0 Å². The van der Waals surface area contributed by atoms with Crippen LogP contribution in [0.25, 0.3) is 0 Å². The first-order valence-electron chi connectivity index (χ1n) is 10.4. The van der Waals surface area contributed by atoms with Crippen molar-refractivity contribution in [1.29, 1.82) is 5.26 Å². The Kier molecular flexibility index (Phi) is 9.42. The number of nitrogens with zero attached hydrogens (tertiary/aromatic N) is 1. The lowest BCUT2D eigenvalue weighted by atomic mass is 9.78. The van der Waals surface area contributed by atoms with Gasteiger partial charge < -0.3 is 0 Å². The Hall–Kier alpha value is -1.55. The van der Waals surface area contributed by atoms with Gasteiger partial charge in [-0.2, -0.15) is 5.26 Å². The van der Waals surface area contributed by atoms with Crippen molar-refractivity contribution in [2.75, 3.05) is 0 Å². The zero-order valence-electron chi connectivity index (χ0n) is 16.1. The van der Waals surface area contributed by atoms with Gasteiger partial charge in [0.1, 0.15) is 0 Å². The first-order valence-corrected chi connectivity index (χ1v) is 10.4. The number of hydrogen-bond donors (Lipinski definition) is 0. The Morgan fingerprint density at radius 3 is 2.12 bits per heavy atom. The first-order chi connectivity index (χ1) is 12.3. The van der Waals surface area contributed by atoms with E-state index in [-0.39, 0.29) is 0 Å². The van der Waals surface area contributed by atoms with Gasteiger partial charge in [-0.25, -0.2) is 0 Å². The standard InChI is InChI=1S/C24H35N/c1-2-8-21-12-14-23(15-13-21)10-5-6-11-24-18-16-22(17-19-24)9-4-3-7-20-25/h3,7,12-15,22,24H,2,4-6,8-11,16-19H2,1H3/b7-3+. The molecule has 0 unspecified atom stereocenters. The van der Waals surface area contributed by atoms with Gasteiger partial charge in [-0.1, -0.05) is 82.2 Å². The summed E-state index contributed by atoms with van der Waals surface area (Å²) in [5.74, 6) is 1.87. The minimum atomic E-state index is 0.904. The summed E-state index contributed by atoms with van der Waals surface area (Å²) in [5, 5.41) is 8.51. The molecule has 1 aromatic carbocycles. The maximum Gasteiger partial charge on any atom is 0.0908 e. The number of benzene rings is 1. The molecule has 0 bridgehead atoms. The smallest absolute Gasteiger partial charge is 0.0908 e. The molecule has 0 amide bonds. The molecule has 1 heteroatoms. The average molecular weight is 338 g/mol. The quantitative estimate of drug-likeness (QED) is 0.332. The number of allylic oxidation sites excluding steroid dienone is 2. The van der Waals surface area contributed by atoms with Crippen LogP contribution in [0.15, 0.2) is 36.4 Å². The van der Waals surface area contributed by atoms with Gasteiger partial charge in [0.05, 0.1) is 6.07 Å². The molecular formula is C24H35N. The summed E-state index contributed by atoms with van der Waals surface area (Å²) < 4.78 is 0. The topological polar surface area (TPSA) is 23.8 Å². The van der Waals surface area contributed by atoms with E-state index >= 15 is 0 Å². The fourth-order valence-electron chi connectivity index (χ4n) is 4.20. The summed E-state index contributed by atoms with van der Waals surface area (Å²) in [7, 11) is 0.